The van der Waals surface area contributed by atoms with Gasteiger partial charge in [-0.2, -0.15) is 0 Å². The molecule has 0 aromatic heterocycles. The molecule has 0 radical (unpaired) electrons. The monoisotopic (exact) mass is 730 g/mol. The Morgan fingerprint density at radius 1 is 0.600 bits per heavy atom. The van der Waals surface area contributed by atoms with Crippen LogP contribution in [0.2, 0.25) is 0 Å². The van der Waals surface area contributed by atoms with E-state index in [0.717, 1.165) is 51.4 Å². The molecule has 0 amide bonds. The summed E-state index contributed by atoms with van der Waals surface area (Å²) in [6, 6.07) is 0. The Hall–Kier alpha value is -1.51. The van der Waals surface area contributed by atoms with Crippen molar-refractivity contribution < 1.29 is 37.6 Å². The third-order valence-electron chi connectivity index (χ3n) is 8.59. The van der Waals surface area contributed by atoms with Crippen LogP contribution in [0.4, 0.5) is 0 Å². The van der Waals surface area contributed by atoms with Crippen LogP contribution in [-0.2, 0) is 32.7 Å². The first-order valence-electron chi connectivity index (χ1n) is 20.3. The molecule has 0 aromatic carbocycles. The minimum atomic E-state index is -4.37. The second kappa shape index (κ2) is 37.3. The number of hydrogen-bond acceptors (Lipinski definition) is 8. The highest BCUT2D eigenvalue weighted by Crippen LogP contribution is 2.43. The van der Waals surface area contributed by atoms with E-state index in [0.29, 0.717) is 6.42 Å². The average molecular weight is 730 g/mol. The number of carbonyl (C=O) groups is 2. The van der Waals surface area contributed by atoms with E-state index in [2.05, 4.69) is 38.2 Å². The predicted octanol–water partition coefficient (Wildman–Crippen LogP) is 11.2. The first kappa shape index (κ1) is 48.5. The van der Waals surface area contributed by atoms with Gasteiger partial charge in [0.2, 0.25) is 0 Å². The van der Waals surface area contributed by atoms with E-state index < -0.39 is 26.5 Å². The van der Waals surface area contributed by atoms with Crippen LogP contribution < -0.4 is 5.73 Å². The molecule has 0 saturated carbocycles. The van der Waals surface area contributed by atoms with Gasteiger partial charge in [0, 0.05) is 19.4 Å². The lowest BCUT2D eigenvalue weighted by molar-refractivity contribution is -0.161. The van der Waals surface area contributed by atoms with Crippen molar-refractivity contribution in [3.8, 4) is 0 Å². The molecule has 0 fully saturated rings. The van der Waals surface area contributed by atoms with Crippen molar-refractivity contribution in [3.63, 3.8) is 0 Å². The highest BCUT2D eigenvalue weighted by Gasteiger charge is 2.26. The van der Waals surface area contributed by atoms with Crippen molar-refractivity contribution in [2.24, 2.45) is 5.73 Å². The van der Waals surface area contributed by atoms with Gasteiger partial charge < -0.3 is 20.1 Å². The molecule has 0 rings (SSSR count). The van der Waals surface area contributed by atoms with Gasteiger partial charge in [0.05, 0.1) is 13.2 Å². The highest BCUT2D eigenvalue weighted by atomic mass is 31.2. The van der Waals surface area contributed by atoms with Gasteiger partial charge in [-0.3, -0.25) is 18.6 Å². The van der Waals surface area contributed by atoms with Gasteiger partial charge in [0.1, 0.15) is 6.61 Å². The van der Waals surface area contributed by atoms with E-state index >= 15 is 0 Å². The average Bonchev–Trinajstić information content (AvgIpc) is 3.10. The zero-order valence-electron chi connectivity index (χ0n) is 32.1. The topological polar surface area (TPSA) is 134 Å². The summed E-state index contributed by atoms with van der Waals surface area (Å²) >= 11 is 0. The fourth-order valence-electron chi connectivity index (χ4n) is 5.55. The Morgan fingerprint density at radius 3 is 1.56 bits per heavy atom. The van der Waals surface area contributed by atoms with E-state index in [-0.39, 0.29) is 38.6 Å². The fraction of sp³-hybridized carbons (Fsp3) is 0.850. The Kier molecular flexibility index (Phi) is 36.1. The Balaban J connectivity index is 4.18. The second-order valence-electron chi connectivity index (χ2n) is 13.5. The minimum Gasteiger partial charge on any atom is -0.462 e. The molecule has 50 heavy (non-hydrogen) atoms. The molecule has 0 aliphatic heterocycles. The standard InChI is InChI=1S/C40H76NO8P/c1-3-5-7-9-11-13-15-17-18-19-20-21-23-25-27-29-31-33-40(43)49-38(37-48-50(44,45)47-35-34-41)36-46-39(42)32-30-28-26-24-22-16-14-12-10-8-6-4-2/h11,13,17-18,38H,3-10,12,14-16,19-37,41H2,1-2H3,(H,44,45)/b13-11-,18-17-. The van der Waals surface area contributed by atoms with Crippen LogP contribution in [0, 0.1) is 0 Å². The van der Waals surface area contributed by atoms with Gasteiger partial charge in [0.25, 0.3) is 0 Å². The molecule has 9 nitrogen and oxygen atoms in total. The quantitative estimate of drug-likeness (QED) is 0.0275. The summed E-state index contributed by atoms with van der Waals surface area (Å²) in [6.07, 6.45) is 37.7. The second-order valence-corrected chi connectivity index (χ2v) is 15.0. The maximum absolute atomic E-state index is 12.5. The molecule has 0 aliphatic carbocycles. The maximum Gasteiger partial charge on any atom is 0.472 e. The van der Waals surface area contributed by atoms with Crippen molar-refractivity contribution in [2.45, 2.75) is 193 Å². The first-order valence-corrected chi connectivity index (χ1v) is 21.8. The van der Waals surface area contributed by atoms with Crippen LogP contribution in [-0.4, -0.2) is 49.3 Å². The summed E-state index contributed by atoms with van der Waals surface area (Å²) < 4.78 is 32.7. The fourth-order valence-corrected chi connectivity index (χ4v) is 6.31. The van der Waals surface area contributed by atoms with E-state index in [9.17, 15) is 19.0 Å². The third-order valence-corrected chi connectivity index (χ3v) is 9.57. The summed E-state index contributed by atoms with van der Waals surface area (Å²) in [7, 11) is -4.37. The molecule has 2 unspecified atom stereocenters. The number of hydrogen-bond donors (Lipinski definition) is 2. The SMILES string of the molecule is CCCCC/C=C\C/C=C\CCCCCCCCCC(=O)OC(COC(=O)CCCCCCCCCCCCCC)COP(=O)(O)OCCN. The summed E-state index contributed by atoms with van der Waals surface area (Å²) in [6.45, 7) is 3.70. The van der Waals surface area contributed by atoms with Crippen LogP contribution in [0.1, 0.15) is 187 Å². The third kappa shape index (κ3) is 36.3. The molecule has 0 spiro atoms. The molecular formula is C40H76NO8P. The van der Waals surface area contributed by atoms with Crippen molar-refractivity contribution in [1.29, 1.82) is 0 Å². The number of allylic oxidation sites excluding steroid dienone is 4. The van der Waals surface area contributed by atoms with Gasteiger partial charge in [-0.15, -0.1) is 0 Å². The normalized spacial score (nSPS) is 13.6. The molecule has 0 bridgehead atoms. The number of nitrogens with two attached hydrogens (primary N) is 1. The largest absolute Gasteiger partial charge is 0.472 e. The van der Waals surface area contributed by atoms with Crippen LogP contribution in [0.3, 0.4) is 0 Å². The smallest absolute Gasteiger partial charge is 0.462 e. The Bertz CT molecular complexity index is 881. The Labute approximate surface area is 306 Å². The highest BCUT2D eigenvalue weighted by molar-refractivity contribution is 7.47. The number of unbranched alkanes of at least 4 members (excludes halogenated alkanes) is 21. The van der Waals surface area contributed by atoms with Gasteiger partial charge in [-0.1, -0.05) is 154 Å². The zero-order chi connectivity index (χ0) is 36.8. The molecule has 2 atom stereocenters. The number of phosphoric acid groups is 1. The van der Waals surface area contributed by atoms with Crippen molar-refractivity contribution >= 4 is 19.8 Å². The van der Waals surface area contributed by atoms with Crippen molar-refractivity contribution in [3.05, 3.63) is 24.3 Å². The van der Waals surface area contributed by atoms with Crippen LogP contribution >= 0.6 is 7.82 Å². The molecule has 294 valence electrons. The molecule has 0 aliphatic rings. The van der Waals surface area contributed by atoms with Crippen molar-refractivity contribution in [1.82, 2.24) is 0 Å². The van der Waals surface area contributed by atoms with E-state index in [1.165, 1.54) is 103 Å². The molecular weight excluding hydrogens is 653 g/mol. The predicted molar refractivity (Wildman–Crippen MR) is 206 cm³/mol. The lowest BCUT2D eigenvalue weighted by Crippen LogP contribution is -2.29. The summed E-state index contributed by atoms with van der Waals surface area (Å²) in [5.74, 6) is -0.833. The van der Waals surface area contributed by atoms with Crippen LogP contribution in [0.15, 0.2) is 24.3 Å². The summed E-state index contributed by atoms with van der Waals surface area (Å²) in [5, 5.41) is 0. The van der Waals surface area contributed by atoms with Gasteiger partial charge in [-0.25, -0.2) is 4.57 Å². The lowest BCUT2D eigenvalue weighted by atomic mass is 10.0. The number of rotatable bonds is 38. The van der Waals surface area contributed by atoms with Gasteiger partial charge >= 0.3 is 19.8 Å². The molecule has 3 N–H and O–H groups in total. The van der Waals surface area contributed by atoms with Gasteiger partial charge in [-0.05, 0) is 44.9 Å². The summed E-state index contributed by atoms with van der Waals surface area (Å²) in [4.78, 5) is 34.7. The lowest BCUT2D eigenvalue weighted by Gasteiger charge is -2.19. The minimum absolute atomic E-state index is 0.0533. The Morgan fingerprint density at radius 2 is 1.04 bits per heavy atom. The van der Waals surface area contributed by atoms with Crippen molar-refractivity contribution in [2.75, 3.05) is 26.4 Å². The van der Waals surface area contributed by atoms with Crippen LogP contribution in [0.5, 0.6) is 0 Å². The van der Waals surface area contributed by atoms with Crippen LogP contribution in [0.25, 0.3) is 0 Å². The number of esters is 2. The first-order chi connectivity index (χ1) is 24.3. The van der Waals surface area contributed by atoms with Gasteiger partial charge in [0.15, 0.2) is 6.10 Å². The molecule has 0 aromatic rings. The van der Waals surface area contributed by atoms with E-state index in [4.69, 9.17) is 24.3 Å². The molecule has 0 heterocycles. The summed E-state index contributed by atoms with van der Waals surface area (Å²) in [5.41, 5.74) is 5.34. The number of ether oxygens (including phenoxy) is 2. The molecule has 10 heteroatoms. The zero-order valence-corrected chi connectivity index (χ0v) is 33.0. The number of carbonyl (C=O) groups excluding carboxylic acids is 2. The maximum atomic E-state index is 12.5. The number of phosphoric ester groups is 1. The van der Waals surface area contributed by atoms with E-state index in [1.807, 2.05) is 0 Å². The molecule has 0 saturated heterocycles. The van der Waals surface area contributed by atoms with E-state index in [1.54, 1.807) is 0 Å².